The van der Waals surface area contributed by atoms with Crippen LogP contribution >= 0.6 is 0 Å². The van der Waals surface area contributed by atoms with Gasteiger partial charge in [0.2, 0.25) is 11.8 Å². The summed E-state index contributed by atoms with van der Waals surface area (Å²) in [6.07, 6.45) is 5.38. The molecule has 176 valence electrons. The molecule has 2 amide bonds. The highest BCUT2D eigenvalue weighted by Gasteiger charge is 2.35. The molecule has 0 fully saturated rings. The fraction of sp³-hybridized carbons (Fsp3) is 0.370. The average Bonchev–Trinajstić information content (AvgIpc) is 3.53. The molecule has 34 heavy (non-hydrogen) atoms. The summed E-state index contributed by atoms with van der Waals surface area (Å²) in [6.45, 7) is 6.03. The molecule has 2 aliphatic rings. The van der Waals surface area contributed by atoms with Gasteiger partial charge < -0.3 is 9.80 Å². The van der Waals surface area contributed by atoms with Crippen molar-refractivity contribution in [3.8, 4) is 0 Å². The number of rotatable bonds is 7. The second kappa shape index (κ2) is 9.43. The van der Waals surface area contributed by atoms with Crippen molar-refractivity contribution < 1.29 is 9.59 Å². The summed E-state index contributed by atoms with van der Waals surface area (Å²) in [5.41, 5.74) is 4.41. The van der Waals surface area contributed by atoms with Crippen LogP contribution in [0.5, 0.6) is 0 Å². The van der Waals surface area contributed by atoms with Gasteiger partial charge in [0.05, 0.1) is 19.1 Å². The third-order valence-corrected chi connectivity index (χ3v) is 6.92. The van der Waals surface area contributed by atoms with Gasteiger partial charge in [0.1, 0.15) is 0 Å². The van der Waals surface area contributed by atoms with Crippen molar-refractivity contribution in [2.75, 3.05) is 29.4 Å². The largest absolute Gasteiger partial charge is 0.308 e. The quantitative estimate of drug-likeness (QED) is 0.547. The second-order valence-corrected chi connectivity index (χ2v) is 9.33. The van der Waals surface area contributed by atoms with Crippen molar-refractivity contribution in [1.29, 1.82) is 0 Å². The maximum Gasteiger partial charge on any atom is 0.241 e. The van der Waals surface area contributed by atoms with Gasteiger partial charge in [-0.25, -0.2) is 0 Å². The van der Waals surface area contributed by atoms with E-state index in [0.717, 1.165) is 24.2 Å². The molecule has 2 aliphatic heterocycles. The van der Waals surface area contributed by atoms with Crippen LogP contribution in [0.2, 0.25) is 0 Å². The highest BCUT2D eigenvalue weighted by atomic mass is 16.2. The number of carbonyl (C=O) groups excluding carboxylic acids is 2. The standard InChI is InChI=1S/C27H31N5O2/c1-20-16-22-8-3-5-10-25(22)31(20)27(34)19-29(14-15-30-13-7-12-28-30)18-24-17-23-9-4-6-11-26(23)32(24)21(2)33/h3-13,20,24H,14-19H2,1-2H3/t20-,24-/m0/s1. The van der Waals surface area contributed by atoms with Crippen LogP contribution in [0, 0.1) is 0 Å². The number of hydrogen-bond acceptors (Lipinski definition) is 4. The molecule has 0 bridgehead atoms. The zero-order valence-electron chi connectivity index (χ0n) is 19.8. The number of aromatic nitrogens is 2. The van der Waals surface area contributed by atoms with Crippen molar-refractivity contribution >= 4 is 23.2 Å². The monoisotopic (exact) mass is 457 g/mol. The van der Waals surface area contributed by atoms with Crippen LogP contribution in [0.25, 0.3) is 0 Å². The van der Waals surface area contributed by atoms with Gasteiger partial charge in [-0.05, 0) is 49.1 Å². The number of nitrogens with zero attached hydrogens (tertiary/aromatic N) is 5. The fourth-order valence-corrected chi connectivity index (χ4v) is 5.46. The molecule has 3 aromatic rings. The zero-order valence-corrected chi connectivity index (χ0v) is 19.8. The molecule has 0 saturated carbocycles. The maximum atomic E-state index is 13.6. The molecule has 2 atom stereocenters. The van der Waals surface area contributed by atoms with Gasteiger partial charge in [-0.1, -0.05) is 36.4 Å². The van der Waals surface area contributed by atoms with E-state index in [1.165, 1.54) is 11.1 Å². The maximum absolute atomic E-state index is 13.6. The Labute approximate surface area is 200 Å². The number of para-hydroxylation sites is 2. The summed E-state index contributed by atoms with van der Waals surface area (Å²) in [5.74, 6) is 0.137. The number of carbonyl (C=O) groups is 2. The van der Waals surface area contributed by atoms with E-state index in [0.29, 0.717) is 26.2 Å². The average molecular weight is 458 g/mol. The Hall–Kier alpha value is -3.45. The van der Waals surface area contributed by atoms with Crippen molar-refractivity contribution in [2.24, 2.45) is 0 Å². The van der Waals surface area contributed by atoms with Gasteiger partial charge >= 0.3 is 0 Å². The number of anilines is 2. The summed E-state index contributed by atoms with van der Waals surface area (Å²) in [4.78, 5) is 32.2. The molecule has 0 spiro atoms. The Morgan fingerprint density at radius 2 is 1.65 bits per heavy atom. The first kappa shape index (κ1) is 22.3. The second-order valence-electron chi connectivity index (χ2n) is 9.33. The first-order chi connectivity index (χ1) is 16.5. The SMILES string of the molecule is CC(=O)N1c2ccccc2C[C@H]1CN(CCn1cccn1)CC(=O)N1c2ccccc2C[C@@H]1C. The van der Waals surface area contributed by atoms with Gasteiger partial charge in [-0.2, -0.15) is 5.10 Å². The highest BCUT2D eigenvalue weighted by Crippen LogP contribution is 2.34. The zero-order chi connectivity index (χ0) is 23.7. The number of amides is 2. The number of fused-ring (bicyclic) bond motifs is 2. The van der Waals surface area contributed by atoms with E-state index in [4.69, 9.17) is 0 Å². The van der Waals surface area contributed by atoms with E-state index >= 15 is 0 Å². The molecule has 7 nitrogen and oxygen atoms in total. The Morgan fingerprint density at radius 1 is 0.971 bits per heavy atom. The minimum absolute atomic E-state index is 0.00334. The van der Waals surface area contributed by atoms with Gasteiger partial charge in [0, 0.05) is 49.8 Å². The van der Waals surface area contributed by atoms with Crippen molar-refractivity contribution in [2.45, 2.75) is 45.3 Å². The summed E-state index contributed by atoms with van der Waals surface area (Å²) < 4.78 is 1.89. The molecule has 0 saturated heterocycles. The van der Waals surface area contributed by atoms with Gasteiger partial charge in [-0.3, -0.25) is 19.2 Å². The molecule has 0 aliphatic carbocycles. The van der Waals surface area contributed by atoms with Crippen LogP contribution in [-0.4, -0.2) is 58.2 Å². The van der Waals surface area contributed by atoms with Crippen LogP contribution in [0.3, 0.4) is 0 Å². The lowest BCUT2D eigenvalue weighted by Gasteiger charge is -2.32. The molecular weight excluding hydrogens is 426 g/mol. The van der Waals surface area contributed by atoms with Gasteiger partial charge in [0.25, 0.3) is 0 Å². The van der Waals surface area contributed by atoms with E-state index in [-0.39, 0.29) is 23.9 Å². The van der Waals surface area contributed by atoms with Crippen molar-refractivity contribution in [3.63, 3.8) is 0 Å². The minimum Gasteiger partial charge on any atom is -0.308 e. The van der Waals surface area contributed by atoms with E-state index in [2.05, 4.69) is 29.1 Å². The van der Waals surface area contributed by atoms with E-state index in [1.54, 1.807) is 13.1 Å². The molecule has 0 N–H and O–H groups in total. The normalized spacial score (nSPS) is 18.9. The van der Waals surface area contributed by atoms with Gasteiger partial charge in [-0.15, -0.1) is 0 Å². The lowest BCUT2D eigenvalue weighted by Crippen LogP contribution is -2.49. The number of benzene rings is 2. The molecule has 1 aromatic heterocycles. The van der Waals surface area contributed by atoms with Crippen LogP contribution in [0.4, 0.5) is 11.4 Å². The minimum atomic E-state index is 0.00334. The predicted molar refractivity (Wildman–Crippen MR) is 133 cm³/mol. The summed E-state index contributed by atoms with van der Waals surface area (Å²) in [6, 6.07) is 18.3. The highest BCUT2D eigenvalue weighted by molar-refractivity contribution is 5.97. The topological polar surface area (TPSA) is 61.7 Å². The fourth-order valence-electron chi connectivity index (χ4n) is 5.46. The third-order valence-electron chi connectivity index (χ3n) is 6.92. The van der Waals surface area contributed by atoms with E-state index < -0.39 is 0 Å². The molecule has 3 heterocycles. The van der Waals surface area contributed by atoms with Crippen LogP contribution < -0.4 is 9.80 Å². The summed E-state index contributed by atoms with van der Waals surface area (Å²) in [5, 5.41) is 4.32. The molecular formula is C27H31N5O2. The Balaban J connectivity index is 1.35. The van der Waals surface area contributed by atoms with Crippen LogP contribution in [0.1, 0.15) is 25.0 Å². The smallest absolute Gasteiger partial charge is 0.241 e. The van der Waals surface area contributed by atoms with Crippen molar-refractivity contribution in [1.82, 2.24) is 14.7 Å². The lowest BCUT2D eigenvalue weighted by atomic mass is 10.1. The molecule has 2 aromatic carbocycles. The van der Waals surface area contributed by atoms with Crippen LogP contribution in [0.15, 0.2) is 67.0 Å². The summed E-state index contributed by atoms with van der Waals surface area (Å²) >= 11 is 0. The number of hydrogen-bond donors (Lipinski definition) is 0. The molecule has 7 heteroatoms. The lowest BCUT2D eigenvalue weighted by molar-refractivity contribution is -0.120. The Kier molecular flexibility index (Phi) is 6.20. The van der Waals surface area contributed by atoms with Gasteiger partial charge in [0.15, 0.2) is 0 Å². The Bertz CT molecular complexity index is 1180. The predicted octanol–water partition coefficient (Wildman–Crippen LogP) is 3.14. The first-order valence-corrected chi connectivity index (χ1v) is 12.0. The van der Waals surface area contributed by atoms with Crippen LogP contribution in [-0.2, 0) is 29.0 Å². The summed E-state index contributed by atoms with van der Waals surface area (Å²) in [7, 11) is 0. The first-order valence-electron chi connectivity index (χ1n) is 12.0. The molecule has 0 unspecified atom stereocenters. The molecule has 0 radical (unpaired) electrons. The Morgan fingerprint density at radius 3 is 2.32 bits per heavy atom. The molecule has 5 rings (SSSR count). The third kappa shape index (κ3) is 4.35. The van der Waals surface area contributed by atoms with Crippen molar-refractivity contribution in [3.05, 3.63) is 78.1 Å². The van der Waals surface area contributed by atoms with E-state index in [9.17, 15) is 9.59 Å². The van der Waals surface area contributed by atoms with E-state index in [1.807, 2.05) is 63.1 Å².